The number of benzene rings is 2. The van der Waals surface area contributed by atoms with Crippen LogP contribution in [0.15, 0.2) is 60.7 Å². The summed E-state index contributed by atoms with van der Waals surface area (Å²) >= 11 is 1.61. The van der Waals surface area contributed by atoms with Crippen molar-refractivity contribution in [2.75, 3.05) is 5.32 Å². The second-order valence-electron chi connectivity index (χ2n) is 5.44. The predicted molar refractivity (Wildman–Crippen MR) is 97.3 cm³/mol. The molecule has 2 heterocycles. The van der Waals surface area contributed by atoms with Crippen molar-refractivity contribution >= 4 is 33.1 Å². The molecule has 118 valence electrons. The highest BCUT2D eigenvalue weighted by Gasteiger charge is 2.13. The highest BCUT2D eigenvalue weighted by molar-refractivity contribution is 7.18. The number of nitrogens with zero attached hydrogens (tertiary/aromatic N) is 2. The standard InChI is InChI=1S/C19H14FN3S/c1-12-11-14-18(21-16-10-6-5-9-15(16)20)22-17(23-19(14)24-12)13-7-3-2-4-8-13/h2-11H,1H3,(H,21,22,23). The summed E-state index contributed by atoms with van der Waals surface area (Å²) < 4.78 is 14.0. The fourth-order valence-electron chi connectivity index (χ4n) is 2.54. The third-order valence-electron chi connectivity index (χ3n) is 3.67. The third kappa shape index (κ3) is 2.74. The van der Waals surface area contributed by atoms with Crippen LogP contribution in [0.4, 0.5) is 15.9 Å². The Balaban J connectivity index is 1.88. The fraction of sp³-hybridized carbons (Fsp3) is 0.0526. The van der Waals surface area contributed by atoms with Crippen molar-refractivity contribution in [3.8, 4) is 11.4 Å². The lowest BCUT2D eigenvalue weighted by molar-refractivity contribution is 0.632. The molecule has 0 saturated carbocycles. The van der Waals surface area contributed by atoms with Gasteiger partial charge in [-0.2, -0.15) is 0 Å². The molecule has 4 rings (SSSR count). The van der Waals surface area contributed by atoms with Gasteiger partial charge in [0, 0.05) is 10.4 Å². The largest absolute Gasteiger partial charge is 0.337 e. The van der Waals surface area contributed by atoms with Gasteiger partial charge in [0.25, 0.3) is 0 Å². The van der Waals surface area contributed by atoms with Gasteiger partial charge in [0.05, 0.1) is 11.1 Å². The maximum atomic E-state index is 14.0. The van der Waals surface area contributed by atoms with E-state index >= 15 is 0 Å². The summed E-state index contributed by atoms with van der Waals surface area (Å²) in [6.07, 6.45) is 0. The zero-order valence-electron chi connectivity index (χ0n) is 13.0. The summed E-state index contributed by atoms with van der Waals surface area (Å²) in [5.74, 6) is 0.939. The van der Waals surface area contributed by atoms with Crippen LogP contribution >= 0.6 is 11.3 Å². The average molecular weight is 335 g/mol. The van der Waals surface area contributed by atoms with Gasteiger partial charge in [0.15, 0.2) is 5.82 Å². The van der Waals surface area contributed by atoms with Crippen LogP contribution in [0.25, 0.3) is 21.6 Å². The molecule has 24 heavy (non-hydrogen) atoms. The molecule has 0 fully saturated rings. The second-order valence-corrected chi connectivity index (χ2v) is 6.68. The first-order valence-corrected chi connectivity index (χ1v) is 8.37. The van der Waals surface area contributed by atoms with E-state index in [2.05, 4.69) is 15.3 Å². The Labute approximate surface area is 142 Å². The second kappa shape index (κ2) is 6.02. The molecule has 0 radical (unpaired) electrons. The lowest BCUT2D eigenvalue weighted by Gasteiger charge is -2.09. The maximum absolute atomic E-state index is 14.0. The zero-order valence-corrected chi connectivity index (χ0v) is 13.8. The van der Waals surface area contributed by atoms with E-state index in [-0.39, 0.29) is 5.82 Å². The first-order valence-electron chi connectivity index (χ1n) is 7.56. The van der Waals surface area contributed by atoms with E-state index < -0.39 is 0 Å². The van der Waals surface area contributed by atoms with Gasteiger partial charge in [-0.3, -0.25) is 0 Å². The number of hydrogen-bond acceptors (Lipinski definition) is 4. The Kier molecular flexibility index (Phi) is 3.70. The van der Waals surface area contributed by atoms with E-state index in [4.69, 9.17) is 0 Å². The van der Waals surface area contributed by atoms with Gasteiger partial charge >= 0.3 is 0 Å². The number of fused-ring (bicyclic) bond motifs is 1. The molecule has 0 bridgehead atoms. The summed E-state index contributed by atoms with van der Waals surface area (Å²) in [4.78, 5) is 11.3. The molecule has 0 saturated heterocycles. The summed E-state index contributed by atoms with van der Waals surface area (Å²) in [5.41, 5.74) is 1.34. The van der Waals surface area contributed by atoms with Crippen molar-refractivity contribution in [2.24, 2.45) is 0 Å². The molecule has 0 aliphatic heterocycles. The molecular formula is C19H14FN3S. The molecule has 2 aromatic carbocycles. The highest BCUT2D eigenvalue weighted by Crippen LogP contribution is 2.32. The van der Waals surface area contributed by atoms with Crippen molar-refractivity contribution in [3.05, 3.63) is 71.4 Å². The number of nitrogens with one attached hydrogen (secondary N) is 1. The van der Waals surface area contributed by atoms with Crippen molar-refractivity contribution in [1.82, 2.24) is 9.97 Å². The lowest BCUT2D eigenvalue weighted by Crippen LogP contribution is -1.99. The number of hydrogen-bond donors (Lipinski definition) is 1. The Morgan fingerprint density at radius 2 is 1.71 bits per heavy atom. The summed E-state index contributed by atoms with van der Waals surface area (Å²) in [7, 11) is 0. The van der Waals surface area contributed by atoms with Crippen LogP contribution in [0.5, 0.6) is 0 Å². The lowest BCUT2D eigenvalue weighted by atomic mass is 10.2. The Hall–Kier alpha value is -2.79. The minimum absolute atomic E-state index is 0.308. The Bertz CT molecular complexity index is 1010. The zero-order chi connectivity index (χ0) is 16.5. The minimum atomic E-state index is -0.308. The molecule has 2 aromatic heterocycles. The van der Waals surface area contributed by atoms with Crippen molar-refractivity contribution in [3.63, 3.8) is 0 Å². The Morgan fingerprint density at radius 3 is 2.50 bits per heavy atom. The number of thiophene rings is 1. The molecule has 0 aliphatic carbocycles. The molecule has 0 unspecified atom stereocenters. The SMILES string of the molecule is Cc1cc2c(Nc3ccccc3F)nc(-c3ccccc3)nc2s1. The van der Waals surface area contributed by atoms with Crippen LogP contribution in [-0.4, -0.2) is 9.97 Å². The van der Waals surface area contributed by atoms with Gasteiger partial charge in [-0.15, -0.1) is 11.3 Å². The number of halogens is 1. The minimum Gasteiger partial charge on any atom is -0.337 e. The molecule has 0 atom stereocenters. The fourth-order valence-corrected chi connectivity index (χ4v) is 3.42. The summed E-state index contributed by atoms with van der Waals surface area (Å²) in [6, 6.07) is 18.4. The summed E-state index contributed by atoms with van der Waals surface area (Å²) in [5, 5.41) is 4.02. The van der Waals surface area contributed by atoms with Crippen molar-refractivity contribution in [1.29, 1.82) is 0 Å². The van der Waals surface area contributed by atoms with E-state index in [0.717, 1.165) is 20.7 Å². The number of para-hydroxylation sites is 1. The quantitative estimate of drug-likeness (QED) is 0.533. The first kappa shape index (κ1) is 14.8. The van der Waals surface area contributed by atoms with Gasteiger partial charge in [-0.1, -0.05) is 42.5 Å². The highest BCUT2D eigenvalue weighted by atomic mass is 32.1. The van der Waals surface area contributed by atoms with Gasteiger partial charge in [0.2, 0.25) is 0 Å². The van der Waals surface area contributed by atoms with E-state index in [1.165, 1.54) is 6.07 Å². The van der Waals surface area contributed by atoms with Crippen molar-refractivity contribution < 1.29 is 4.39 Å². The van der Waals surface area contributed by atoms with Crippen LogP contribution in [-0.2, 0) is 0 Å². The maximum Gasteiger partial charge on any atom is 0.163 e. The van der Waals surface area contributed by atoms with Crippen LogP contribution in [0.3, 0.4) is 0 Å². The number of aryl methyl sites for hydroxylation is 1. The molecule has 5 heteroatoms. The molecule has 0 spiro atoms. The van der Waals surface area contributed by atoms with E-state index in [1.807, 2.05) is 43.3 Å². The van der Waals surface area contributed by atoms with Gasteiger partial charge < -0.3 is 5.32 Å². The molecule has 4 aromatic rings. The monoisotopic (exact) mass is 335 g/mol. The molecule has 3 nitrogen and oxygen atoms in total. The van der Waals surface area contributed by atoms with Gasteiger partial charge in [0.1, 0.15) is 16.5 Å². The van der Waals surface area contributed by atoms with Crippen molar-refractivity contribution in [2.45, 2.75) is 6.92 Å². The van der Waals surface area contributed by atoms with Gasteiger partial charge in [-0.05, 0) is 25.1 Å². The smallest absolute Gasteiger partial charge is 0.163 e. The molecule has 0 aliphatic rings. The van der Waals surface area contributed by atoms with E-state index in [0.29, 0.717) is 17.3 Å². The normalized spacial score (nSPS) is 10.9. The predicted octanol–water partition coefficient (Wildman–Crippen LogP) is 5.55. The first-order chi connectivity index (χ1) is 11.7. The topological polar surface area (TPSA) is 37.8 Å². The van der Waals surface area contributed by atoms with Crippen LogP contribution in [0, 0.1) is 12.7 Å². The van der Waals surface area contributed by atoms with E-state index in [1.54, 1.807) is 29.5 Å². The number of aromatic nitrogens is 2. The number of rotatable bonds is 3. The Morgan fingerprint density at radius 1 is 0.958 bits per heavy atom. The van der Waals surface area contributed by atoms with Crippen LogP contribution in [0.1, 0.15) is 4.88 Å². The third-order valence-corrected chi connectivity index (χ3v) is 4.62. The van der Waals surface area contributed by atoms with E-state index in [9.17, 15) is 4.39 Å². The average Bonchev–Trinajstić information content (AvgIpc) is 2.98. The molecule has 1 N–H and O–H groups in total. The molecular weight excluding hydrogens is 321 g/mol. The van der Waals surface area contributed by atoms with Crippen LogP contribution < -0.4 is 5.32 Å². The van der Waals surface area contributed by atoms with Crippen LogP contribution in [0.2, 0.25) is 0 Å². The number of anilines is 2. The van der Waals surface area contributed by atoms with Gasteiger partial charge in [-0.25, -0.2) is 14.4 Å². The summed E-state index contributed by atoms with van der Waals surface area (Å²) in [6.45, 7) is 2.03. The molecule has 0 amide bonds.